The van der Waals surface area contributed by atoms with Crippen LogP contribution in [0.2, 0.25) is 0 Å². The molecule has 0 aromatic heterocycles. The van der Waals surface area contributed by atoms with Crippen LogP contribution in [-0.2, 0) is 9.84 Å². The number of phenols is 1. The van der Waals surface area contributed by atoms with Gasteiger partial charge in [0.1, 0.15) is 11.5 Å². The van der Waals surface area contributed by atoms with Crippen LogP contribution >= 0.6 is 0 Å². The summed E-state index contributed by atoms with van der Waals surface area (Å²) in [5, 5.41) is 20.6. The van der Waals surface area contributed by atoms with E-state index in [1.165, 1.54) is 19.1 Å². The van der Waals surface area contributed by atoms with Crippen LogP contribution in [0.25, 0.3) is 16.3 Å². The van der Waals surface area contributed by atoms with E-state index in [0.29, 0.717) is 5.75 Å². The van der Waals surface area contributed by atoms with Crippen molar-refractivity contribution in [3.63, 3.8) is 0 Å². The van der Waals surface area contributed by atoms with Crippen molar-refractivity contribution in [2.24, 2.45) is 5.73 Å². The lowest BCUT2D eigenvalue weighted by Crippen LogP contribution is -2.38. The summed E-state index contributed by atoms with van der Waals surface area (Å²) in [5.74, 6) is -0.0410. The van der Waals surface area contributed by atoms with Gasteiger partial charge in [-0.15, -0.1) is 0 Å². The first kappa shape index (κ1) is 19.4. The number of allylic oxidation sites excluding steroid dienone is 2. The third-order valence-electron chi connectivity index (χ3n) is 3.83. The Morgan fingerprint density at radius 3 is 2.38 bits per heavy atom. The minimum absolute atomic E-state index is 0.126. The van der Waals surface area contributed by atoms with E-state index in [1.807, 2.05) is 30.3 Å². The van der Waals surface area contributed by atoms with Crippen molar-refractivity contribution in [2.45, 2.75) is 13.0 Å². The first-order valence-electron chi connectivity index (χ1n) is 7.79. The van der Waals surface area contributed by atoms with Gasteiger partial charge in [-0.25, -0.2) is 8.42 Å². The van der Waals surface area contributed by atoms with E-state index in [4.69, 9.17) is 16.4 Å². The van der Waals surface area contributed by atoms with Gasteiger partial charge in [0.15, 0.2) is 20.8 Å². The molecular weight excluding hydrogens is 354 g/mol. The second-order valence-electron chi connectivity index (χ2n) is 5.52. The fourth-order valence-electron chi connectivity index (χ4n) is 2.35. The molecule has 0 amide bonds. The molecule has 0 bridgehead atoms. The van der Waals surface area contributed by atoms with Crippen LogP contribution in [0.1, 0.15) is 6.92 Å². The summed E-state index contributed by atoms with van der Waals surface area (Å²) in [6.07, 6.45) is 2.36. The predicted molar refractivity (Wildman–Crippen MR) is 100 cm³/mol. The van der Waals surface area contributed by atoms with Crippen LogP contribution in [0.5, 0.6) is 5.75 Å². The number of fused-ring (bicyclic) bond motifs is 1. The maximum atomic E-state index is 11.5. The molecule has 0 saturated heterocycles. The number of rotatable bonds is 2. The lowest BCUT2D eigenvalue weighted by Gasteiger charge is -2.12. The molecule has 2 aromatic rings. The minimum Gasteiger partial charge on any atom is -0.510 e. The van der Waals surface area contributed by atoms with Gasteiger partial charge in [-0.2, -0.15) is 4.79 Å². The van der Waals surface area contributed by atoms with Crippen molar-refractivity contribution >= 4 is 26.3 Å². The Hall–Kier alpha value is -2.93. The van der Waals surface area contributed by atoms with E-state index in [0.717, 1.165) is 10.8 Å². The standard InChI is InChI=1S/C10H8O.C8H11N3O3S/c11-10-6-5-8-3-1-2-4-9(8)7-10;1-2-15(13,14)6-4-3-5(12)7(9)8(6)11-10/h1-7,11H;3-4,7,12H,2,9H2,1H3. The first-order valence-corrected chi connectivity index (χ1v) is 9.44. The monoisotopic (exact) mass is 373 g/mol. The molecule has 0 spiro atoms. The van der Waals surface area contributed by atoms with Crippen LogP contribution in [0.15, 0.2) is 65.3 Å². The second-order valence-corrected chi connectivity index (χ2v) is 7.77. The second kappa shape index (κ2) is 7.97. The normalized spacial score (nSPS) is 16.8. The molecule has 2 aromatic carbocycles. The smallest absolute Gasteiger partial charge is 0.334 e. The van der Waals surface area contributed by atoms with E-state index in [-0.39, 0.29) is 22.1 Å². The zero-order chi connectivity index (χ0) is 19.3. The molecule has 26 heavy (non-hydrogen) atoms. The molecule has 0 fully saturated rings. The Morgan fingerprint density at radius 2 is 1.77 bits per heavy atom. The molecule has 4 N–H and O–H groups in total. The topological polar surface area (TPSA) is 137 Å². The molecule has 1 atom stereocenters. The number of phenolic OH excluding ortho intramolecular Hbond substituents is 1. The molecule has 0 heterocycles. The summed E-state index contributed by atoms with van der Waals surface area (Å²) < 4.78 is 23.1. The van der Waals surface area contributed by atoms with Crippen LogP contribution in [0.4, 0.5) is 0 Å². The lowest BCUT2D eigenvalue weighted by atomic mass is 10.1. The summed E-state index contributed by atoms with van der Waals surface area (Å²) in [5.41, 5.74) is 13.9. The third kappa shape index (κ3) is 4.18. The van der Waals surface area contributed by atoms with Gasteiger partial charge in [0.2, 0.25) is 0 Å². The van der Waals surface area contributed by atoms with Gasteiger partial charge in [-0.1, -0.05) is 37.3 Å². The number of aliphatic hydroxyl groups is 1. The summed E-state index contributed by atoms with van der Waals surface area (Å²) in [6.45, 7) is 1.47. The zero-order valence-electron chi connectivity index (χ0n) is 14.1. The first-order chi connectivity index (χ1) is 12.3. The van der Waals surface area contributed by atoms with Crippen molar-refractivity contribution < 1.29 is 23.4 Å². The van der Waals surface area contributed by atoms with Gasteiger partial charge in [0.25, 0.3) is 0 Å². The van der Waals surface area contributed by atoms with Crippen molar-refractivity contribution in [3.8, 4) is 5.75 Å². The van der Waals surface area contributed by atoms with Gasteiger partial charge >= 0.3 is 5.71 Å². The van der Waals surface area contributed by atoms with Gasteiger partial charge < -0.3 is 21.5 Å². The van der Waals surface area contributed by atoms with Gasteiger partial charge in [-0.3, -0.25) is 0 Å². The molecule has 1 aliphatic carbocycles. The van der Waals surface area contributed by atoms with Crippen LogP contribution in [0.3, 0.4) is 0 Å². The highest BCUT2D eigenvalue weighted by molar-refractivity contribution is 7.96. The highest BCUT2D eigenvalue weighted by Gasteiger charge is 2.36. The number of sulfone groups is 1. The molecule has 8 heteroatoms. The summed E-state index contributed by atoms with van der Waals surface area (Å²) in [7, 11) is -3.50. The number of aliphatic hydroxyl groups excluding tert-OH is 1. The number of hydrogen-bond donors (Lipinski definition) is 3. The highest BCUT2D eigenvalue weighted by Crippen LogP contribution is 2.19. The maximum absolute atomic E-state index is 11.5. The van der Waals surface area contributed by atoms with E-state index in [1.54, 1.807) is 12.1 Å². The quantitative estimate of drug-likeness (QED) is 0.548. The molecule has 0 radical (unpaired) electrons. The number of nitrogens with zero attached hydrogens (tertiary/aromatic N) is 2. The van der Waals surface area contributed by atoms with Crippen LogP contribution < -0.4 is 5.73 Å². The van der Waals surface area contributed by atoms with Gasteiger partial charge in [0.05, 0.1) is 5.75 Å². The lowest BCUT2D eigenvalue weighted by molar-refractivity contribution is -0.00827. The molecule has 7 nitrogen and oxygen atoms in total. The molecule has 136 valence electrons. The largest absolute Gasteiger partial charge is 0.510 e. The predicted octanol–water partition coefficient (Wildman–Crippen LogP) is 2.30. The Morgan fingerprint density at radius 1 is 1.12 bits per heavy atom. The number of hydrogen-bond acceptors (Lipinski definition) is 5. The van der Waals surface area contributed by atoms with E-state index in [9.17, 15) is 13.5 Å². The zero-order valence-corrected chi connectivity index (χ0v) is 14.9. The molecular formula is C18H19N3O4S. The summed E-state index contributed by atoms with van der Waals surface area (Å²) in [4.78, 5) is 2.66. The van der Waals surface area contributed by atoms with Crippen molar-refractivity contribution in [1.82, 2.24) is 0 Å². The number of nitrogens with two attached hydrogens (primary N) is 1. The Kier molecular flexibility index (Phi) is 5.94. The Labute approximate surface area is 151 Å². The minimum atomic E-state index is -3.50. The highest BCUT2D eigenvalue weighted by atomic mass is 32.2. The molecule has 1 aliphatic rings. The van der Waals surface area contributed by atoms with Crippen molar-refractivity contribution in [2.75, 3.05) is 5.75 Å². The Balaban J connectivity index is 0.000000195. The van der Waals surface area contributed by atoms with E-state index < -0.39 is 15.9 Å². The fourth-order valence-corrected chi connectivity index (χ4v) is 3.42. The summed E-state index contributed by atoms with van der Waals surface area (Å²) in [6, 6.07) is 12.2. The van der Waals surface area contributed by atoms with Crippen LogP contribution in [-0.4, -0.2) is 40.9 Å². The molecule has 1 unspecified atom stereocenters. The average Bonchev–Trinajstić information content (AvgIpc) is 2.64. The van der Waals surface area contributed by atoms with E-state index in [2.05, 4.69) is 4.79 Å². The average molecular weight is 373 g/mol. The molecule has 0 aliphatic heterocycles. The summed E-state index contributed by atoms with van der Waals surface area (Å²) >= 11 is 0. The fraction of sp³-hybridized carbons (Fsp3) is 0.167. The number of aromatic hydroxyl groups is 1. The number of benzene rings is 2. The van der Waals surface area contributed by atoms with E-state index >= 15 is 0 Å². The SMILES string of the molecule is CCS(=O)(=O)C1=CC=C(O)C(N)C1=[N+]=[N-].Oc1ccc2ccccc2c1. The Bertz CT molecular complexity index is 1040. The maximum Gasteiger partial charge on any atom is 0.334 e. The van der Waals surface area contributed by atoms with Crippen molar-refractivity contribution in [3.05, 3.63) is 70.8 Å². The van der Waals surface area contributed by atoms with Crippen LogP contribution in [0, 0.1) is 0 Å². The van der Waals surface area contributed by atoms with Gasteiger partial charge in [0, 0.05) is 0 Å². The van der Waals surface area contributed by atoms with Crippen molar-refractivity contribution in [1.29, 1.82) is 0 Å². The molecule has 0 saturated carbocycles. The van der Waals surface area contributed by atoms with Gasteiger partial charge in [-0.05, 0) is 35.1 Å². The molecule has 3 rings (SSSR count). The third-order valence-corrected chi connectivity index (χ3v) is 5.60.